The Hall–Kier alpha value is -4.65. The van der Waals surface area contributed by atoms with E-state index in [0.717, 1.165) is 0 Å². The summed E-state index contributed by atoms with van der Waals surface area (Å²) in [6.07, 6.45) is -0.274. The summed E-state index contributed by atoms with van der Waals surface area (Å²) in [6, 6.07) is 6.93. The molecule has 0 aliphatic rings. The van der Waals surface area contributed by atoms with Crippen LogP contribution in [0.2, 0.25) is 0 Å². The normalized spacial score (nSPS) is 13.9. The number of carboxylic acids is 1. The van der Waals surface area contributed by atoms with Crippen LogP contribution < -0.4 is 27.4 Å². The lowest BCUT2D eigenvalue weighted by molar-refractivity contribution is -0.142. The quantitative estimate of drug-likeness (QED) is 0.140. The summed E-state index contributed by atoms with van der Waals surface area (Å²) < 4.78 is 0. The van der Waals surface area contributed by atoms with Gasteiger partial charge in [0.15, 0.2) is 0 Å². The van der Waals surface area contributed by atoms with Gasteiger partial charge in [-0.3, -0.25) is 19.2 Å². The van der Waals surface area contributed by atoms with E-state index in [4.69, 9.17) is 11.5 Å². The molecule has 2 aromatic rings. The second-order valence-corrected chi connectivity index (χ2v) is 10.0. The van der Waals surface area contributed by atoms with Crippen LogP contribution in [0.5, 0.6) is 11.5 Å². The monoisotopic (exact) mass is 571 g/mol. The standard InChI is InChI=1S/C28H37N5O8/c1-15(2)24(33-25(37)20(29)11-12-23(30)36)27(39)31-21(13-16-3-7-18(34)8-4-16)26(38)32-22(28(40)41)14-17-5-9-19(35)10-6-17/h3-10,15,20-22,24,34-35H,11-14,29H2,1-2H3,(H2,30,36)(H,31,39)(H,32,38)(H,33,37)(H,40,41). The third-order valence-corrected chi connectivity index (χ3v) is 6.29. The molecule has 0 saturated heterocycles. The Labute approximate surface area is 237 Å². The number of nitrogens with one attached hydrogen (secondary N) is 3. The minimum absolute atomic E-state index is 0.00181. The molecule has 41 heavy (non-hydrogen) atoms. The van der Waals surface area contributed by atoms with Gasteiger partial charge in [0, 0.05) is 19.3 Å². The molecule has 0 bridgehead atoms. The van der Waals surface area contributed by atoms with Crippen molar-refractivity contribution in [2.45, 2.75) is 63.7 Å². The average Bonchev–Trinajstić information content (AvgIpc) is 2.91. The van der Waals surface area contributed by atoms with Crippen LogP contribution >= 0.6 is 0 Å². The summed E-state index contributed by atoms with van der Waals surface area (Å²) in [7, 11) is 0. The highest BCUT2D eigenvalue weighted by molar-refractivity contribution is 5.94. The van der Waals surface area contributed by atoms with Crippen LogP contribution in [0, 0.1) is 5.92 Å². The molecule has 4 amide bonds. The summed E-state index contributed by atoms with van der Waals surface area (Å²) in [6.45, 7) is 3.35. The van der Waals surface area contributed by atoms with Crippen LogP contribution in [-0.4, -0.2) is 69.1 Å². The smallest absolute Gasteiger partial charge is 0.326 e. The number of hydrogen-bond donors (Lipinski definition) is 8. The van der Waals surface area contributed by atoms with Gasteiger partial charge in [-0.05, 0) is 47.7 Å². The molecular weight excluding hydrogens is 534 g/mol. The lowest BCUT2D eigenvalue weighted by Gasteiger charge is -2.27. The highest BCUT2D eigenvalue weighted by atomic mass is 16.4. The van der Waals surface area contributed by atoms with Crippen molar-refractivity contribution in [1.82, 2.24) is 16.0 Å². The maximum Gasteiger partial charge on any atom is 0.326 e. The van der Waals surface area contributed by atoms with Gasteiger partial charge >= 0.3 is 5.97 Å². The van der Waals surface area contributed by atoms with E-state index in [1.165, 1.54) is 36.4 Å². The van der Waals surface area contributed by atoms with Crippen LogP contribution in [-0.2, 0) is 36.8 Å². The predicted octanol–water partition coefficient (Wildman–Crippen LogP) is -0.329. The molecule has 13 nitrogen and oxygen atoms in total. The molecule has 0 radical (unpaired) electrons. The molecule has 0 aliphatic carbocycles. The van der Waals surface area contributed by atoms with Crippen molar-refractivity contribution in [2.24, 2.45) is 17.4 Å². The van der Waals surface area contributed by atoms with Crippen molar-refractivity contribution in [3.05, 3.63) is 59.7 Å². The number of aromatic hydroxyl groups is 2. The van der Waals surface area contributed by atoms with Crippen LogP contribution in [0.25, 0.3) is 0 Å². The van der Waals surface area contributed by atoms with Crippen molar-refractivity contribution in [3.8, 4) is 11.5 Å². The van der Waals surface area contributed by atoms with Crippen molar-refractivity contribution in [1.29, 1.82) is 0 Å². The third-order valence-electron chi connectivity index (χ3n) is 6.29. The number of phenolic OH excluding ortho intramolecular Hbond substituents is 2. The Balaban J connectivity index is 2.24. The zero-order chi connectivity index (χ0) is 30.7. The van der Waals surface area contributed by atoms with Crippen molar-refractivity contribution in [2.75, 3.05) is 0 Å². The Morgan fingerprint density at radius 3 is 1.63 bits per heavy atom. The van der Waals surface area contributed by atoms with E-state index in [-0.39, 0.29) is 37.2 Å². The first-order chi connectivity index (χ1) is 19.3. The molecule has 4 atom stereocenters. The maximum atomic E-state index is 13.4. The predicted molar refractivity (Wildman–Crippen MR) is 148 cm³/mol. The summed E-state index contributed by atoms with van der Waals surface area (Å²) in [5.74, 6) is -4.54. The molecule has 10 N–H and O–H groups in total. The second-order valence-electron chi connectivity index (χ2n) is 10.0. The number of amides is 4. The molecule has 0 aliphatic heterocycles. The zero-order valence-corrected chi connectivity index (χ0v) is 22.9. The van der Waals surface area contributed by atoms with Gasteiger partial charge in [-0.15, -0.1) is 0 Å². The Morgan fingerprint density at radius 1 is 0.732 bits per heavy atom. The minimum atomic E-state index is -1.35. The molecular formula is C28H37N5O8. The van der Waals surface area contributed by atoms with E-state index < -0.39 is 59.7 Å². The molecule has 0 fully saturated rings. The minimum Gasteiger partial charge on any atom is -0.508 e. The molecule has 0 heterocycles. The van der Waals surface area contributed by atoms with Crippen LogP contribution in [0.15, 0.2) is 48.5 Å². The number of rotatable bonds is 15. The molecule has 0 spiro atoms. The number of carbonyl (C=O) groups is 5. The third kappa shape index (κ3) is 10.8. The number of carbonyl (C=O) groups excluding carboxylic acids is 4. The van der Waals surface area contributed by atoms with E-state index in [1.807, 2.05) is 0 Å². The summed E-state index contributed by atoms with van der Waals surface area (Å²) >= 11 is 0. The Kier molecular flexibility index (Phi) is 12.1. The lowest BCUT2D eigenvalue weighted by Crippen LogP contribution is -2.59. The summed E-state index contributed by atoms with van der Waals surface area (Å²) in [5.41, 5.74) is 12.0. The average molecular weight is 572 g/mol. The Morgan fingerprint density at radius 2 is 1.20 bits per heavy atom. The first-order valence-electron chi connectivity index (χ1n) is 13.0. The fourth-order valence-electron chi connectivity index (χ4n) is 3.90. The van der Waals surface area contributed by atoms with Crippen molar-refractivity contribution >= 4 is 29.6 Å². The first kappa shape index (κ1) is 32.6. The van der Waals surface area contributed by atoms with Gasteiger partial charge in [-0.1, -0.05) is 38.1 Å². The van der Waals surface area contributed by atoms with Gasteiger partial charge in [0.05, 0.1) is 6.04 Å². The van der Waals surface area contributed by atoms with E-state index >= 15 is 0 Å². The maximum absolute atomic E-state index is 13.4. The fraction of sp³-hybridized carbons (Fsp3) is 0.393. The van der Waals surface area contributed by atoms with E-state index in [0.29, 0.717) is 11.1 Å². The van der Waals surface area contributed by atoms with E-state index in [2.05, 4.69) is 16.0 Å². The second kappa shape index (κ2) is 15.2. The SMILES string of the molecule is CC(C)C(NC(=O)C(N)CCC(N)=O)C(=O)NC(Cc1ccc(O)cc1)C(=O)NC(Cc1ccc(O)cc1)C(=O)O. The van der Waals surface area contributed by atoms with Gasteiger partial charge in [-0.2, -0.15) is 0 Å². The molecule has 2 rings (SSSR count). The Bertz CT molecular complexity index is 1220. The van der Waals surface area contributed by atoms with Gasteiger partial charge in [-0.25, -0.2) is 4.79 Å². The topological polar surface area (TPSA) is 234 Å². The lowest BCUT2D eigenvalue weighted by atomic mass is 9.99. The van der Waals surface area contributed by atoms with Gasteiger partial charge < -0.3 is 42.7 Å². The molecule has 0 saturated carbocycles. The van der Waals surface area contributed by atoms with E-state index in [1.54, 1.807) is 26.0 Å². The van der Waals surface area contributed by atoms with Crippen LogP contribution in [0.1, 0.15) is 37.8 Å². The van der Waals surface area contributed by atoms with Crippen molar-refractivity contribution in [3.63, 3.8) is 0 Å². The first-order valence-corrected chi connectivity index (χ1v) is 13.0. The highest BCUT2D eigenvalue weighted by Gasteiger charge is 2.32. The van der Waals surface area contributed by atoms with Crippen LogP contribution in [0.3, 0.4) is 0 Å². The highest BCUT2D eigenvalue weighted by Crippen LogP contribution is 2.14. The van der Waals surface area contributed by atoms with Gasteiger partial charge in [0.2, 0.25) is 23.6 Å². The number of aliphatic carboxylic acids is 1. The van der Waals surface area contributed by atoms with Gasteiger partial charge in [0.25, 0.3) is 0 Å². The number of carboxylic acid groups (broad SMARTS) is 1. The summed E-state index contributed by atoms with van der Waals surface area (Å²) in [4.78, 5) is 62.2. The zero-order valence-electron chi connectivity index (χ0n) is 22.9. The number of phenols is 2. The van der Waals surface area contributed by atoms with Crippen LogP contribution in [0.4, 0.5) is 0 Å². The largest absolute Gasteiger partial charge is 0.508 e. The number of nitrogens with two attached hydrogens (primary N) is 2. The van der Waals surface area contributed by atoms with Crippen molar-refractivity contribution < 1.29 is 39.3 Å². The van der Waals surface area contributed by atoms with E-state index in [9.17, 15) is 39.3 Å². The number of benzene rings is 2. The molecule has 2 aromatic carbocycles. The molecule has 222 valence electrons. The fourth-order valence-corrected chi connectivity index (χ4v) is 3.90. The van der Waals surface area contributed by atoms with Gasteiger partial charge in [0.1, 0.15) is 29.6 Å². The number of hydrogen-bond acceptors (Lipinski definition) is 8. The number of primary amides is 1. The molecule has 0 aromatic heterocycles. The molecule has 13 heteroatoms. The molecule has 4 unspecified atom stereocenters. The summed E-state index contributed by atoms with van der Waals surface area (Å²) in [5, 5.41) is 36.4.